The minimum absolute atomic E-state index is 0.247. The van der Waals surface area contributed by atoms with Crippen molar-refractivity contribution in [2.75, 3.05) is 6.61 Å². The molecule has 1 heterocycles. The van der Waals surface area contributed by atoms with Gasteiger partial charge in [0, 0.05) is 10.5 Å². The molecule has 2 N–H and O–H groups in total. The lowest BCUT2D eigenvalue weighted by molar-refractivity contribution is -0.128. The number of ether oxygens (including phenoxy) is 1. The molecule has 1 aromatic heterocycles. The zero-order valence-corrected chi connectivity index (χ0v) is 17.0. The third-order valence-corrected chi connectivity index (χ3v) is 4.82. The fraction of sp³-hybridized carbons (Fsp3) is 0.0526. The molecule has 0 unspecified atom stereocenters. The van der Waals surface area contributed by atoms with Crippen molar-refractivity contribution < 1.29 is 18.7 Å². The van der Waals surface area contributed by atoms with Crippen molar-refractivity contribution in [2.45, 2.75) is 0 Å². The highest BCUT2D eigenvalue weighted by Gasteiger charge is 2.09. The number of furan rings is 1. The molecule has 27 heavy (non-hydrogen) atoms. The summed E-state index contributed by atoms with van der Waals surface area (Å²) in [6.45, 7) is -0.247. The lowest BCUT2D eigenvalue weighted by Crippen LogP contribution is -2.43. The van der Waals surface area contributed by atoms with Crippen LogP contribution in [0.3, 0.4) is 0 Å². The van der Waals surface area contributed by atoms with E-state index in [0.717, 1.165) is 19.7 Å². The summed E-state index contributed by atoms with van der Waals surface area (Å²) >= 11 is 6.93. The van der Waals surface area contributed by atoms with Crippen LogP contribution in [-0.4, -0.2) is 18.4 Å². The molecule has 3 aromatic rings. The molecule has 0 aliphatic rings. The number of amides is 2. The Morgan fingerprint density at radius 2 is 1.96 bits per heavy atom. The number of halogens is 2. The Morgan fingerprint density at radius 1 is 1.11 bits per heavy atom. The van der Waals surface area contributed by atoms with Gasteiger partial charge < -0.3 is 9.15 Å². The third kappa shape index (κ3) is 5.21. The Bertz CT molecular complexity index is 1000. The molecule has 3 rings (SSSR count). The Morgan fingerprint density at radius 3 is 2.74 bits per heavy atom. The van der Waals surface area contributed by atoms with Gasteiger partial charge in [-0.25, -0.2) is 0 Å². The first-order valence-corrected chi connectivity index (χ1v) is 9.42. The van der Waals surface area contributed by atoms with Gasteiger partial charge >= 0.3 is 0 Å². The number of fused-ring (bicyclic) bond motifs is 1. The summed E-state index contributed by atoms with van der Waals surface area (Å²) in [6.07, 6.45) is 4.24. The number of hydrogen-bond donors (Lipinski definition) is 2. The second kappa shape index (κ2) is 8.88. The Balaban J connectivity index is 1.52. The number of benzene rings is 2. The summed E-state index contributed by atoms with van der Waals surface area (Å²) in [5, 5.41) is 2.00. The van der Waals surface area contributed by atoms with Gasteiger partial charge in [-0.15, -0.1) is 0 Å². The van der Waals surface area contributed by atoms with Crippen molar-refractivity contribution in [2.24, 2.45) is 0 Å². The smallest absolute Gasteiger partial charge is 0.276 e. The van der Waals surface area contributed by atoms with Crippen LogP contribution in [0.2, 0.25) is 0 Å². The second-order valence-electron chi connectivity index (χ2n) is 5.42. The van der Waals surface area contributed by atoms with Gasteiger partial charge in [-0.3, -0.25) is 20.4 Å². The van der Waals surface area contributed by atoms with Crippen LogP contribution in [0.1, 0.15) is 5.76 Å². The lowest BCUT2D eigenvalue weighted by atomic mass is 10.1. The predicted octanol–water partition coefficient (Wildman–Crippen LogP) is 4.20. The average molecular weight is 494 g/mol. The largest absolute Gasteiger partial charge is 0.483 e. The van der Waals surface area contributed by atoms with E-state index in [-0.39, 0.29) is 6.61 Å². The molecule has 0 spiro atoms. The predicted molar refractivity (Wildman–Crippen MR) is 109 cm³/mol. The van der Waals surface area contributed by atoms with Crippen molar-refractivity contribution in [3.8, 4) is 5.75 Å². The molecular weight excluding hydrogens is 480 g/mol. The summed E-state index contributed by atoms with van der Waals surface area (Å²) in [7, 11) is 0. The molecule has 0 saturated carbocycles. The molecule has 2 aromatic carbocycles. The van der Waals surface area contributed by atoms with Crippen LogP contribution < -0.4 is 15.6 Å². The lowest BCUT2D eigenvalue weighted by Gasteiger charge is -2.11. The van der Waals surface area contributed by atoms with Crippen molar-refractivity contribution in [1.29, 1.82) is 0 Å². The molecule has 138 valence electrons. The third-order valence-electron chi connectivity index (χ3n) is 3.51. The maximum absolute atomic E-state index is 11.9. The average Bonchev–Trinajstić information content (AvgIpc) is 3.17. The van der Waals surface area contributed by atoms with Gasteiger partial charge in [0.05, 0.1) is 10.7 Å². The molecular formula is C19H14Br2N2O4. The first kappa shape index (κ1) is 19.2. The van der Waals surface area contributed by atoms with E-state index in [1.165, 1.54) is 18.4 Å². The number of rotatable bonds is 5. The zero-order valence-electron chi connectivity index (χ0n) is 13.9. The molecule has 0 saturated heterocycles. The minimum Gasteiger partial charge on any atom is -0.483 e. The van der Waals surface area contributed by atoms with Gasteiger partial charge in [0.1, 0.15) is 11.5 Å². The fourth-order valence-corrected chi connectivity index (χ4v) is 3.24. The Labute approximate surface area is 171 Å². The van der Waals surface area contributed by atoms with E-state index >= 15 is 0 Å². The van der Waals surface area contributed by atoms with Crippen LogP contribution in [0.15, 0.2) is 68.2 Å². The molecule has 2 amide bonds. The SMILES string of the molecule is O=C(/C=C/c1ccco1)NNC(=O)COc1ccc2cc(Br)ccc2c1Br. The summed E-state index contributed by atoms with van der Waals surface area (Å²) < 4.78 is 12.3. The van der Waals surface area contributed by atoms with E-state index in [1.807, 2.05) is 24.3 Å². The first-order valence-electron chi connectivity index (χ1n) is 7.84. The van der Waals surface area contributed by atoms with Gasteiger partial charge in [-0.05, 0) is 63.1 Å². The van der Waals surface area contributed by atoms with E-state index in [2.05, 4.69) is 42.7 Å². The number of carbonyl (C=O) groups excluding carboxylic acids is 2. The topological polar surface area (TPSA) is 80.6 Å². The van der Waals surface area contributed by atoms with Gasteiger partial charge in [0.2, 0.25) is 0 Å². The second-order valence-corrected chi connectivity index (χ2v) is 7.13. The highest BCUT2D eigenvalue weighted by molar-refractivity contribution is 9.11. The van der Waals surface area contributed by atoms with Crippen LogP contribution in [0.4, 0.5) is 0 Å². The Kier molecular flexibility index (Phi) is 6.31. The summed E-state index contributed by atoms with van der Waals surface area (Å²) in [5.41, 5.74) is 4.55. The highest BCUT2D eigenvalue weighted by atomic mass is 79.9. The number of nitrogens with one attached hydrogen (secondary N) is 2. The van der Waals surface area contributed by atoms with Crippen molar-refractivity contribution in [3.05, 3.63) is 69.5 Å². The van der Waals surface area contributed by atoms with Crippen LogP contribution in [0.5, 0.6) is 5.75 Å². The standard InChI is InChI=1S/C19H14Br2N2O4/c20-13-4-6-15-12(10-13)3-7-16(19(15)21)27-11-18(25)23-22-17(24)8-5-14-2-1-9-26-14/h1-10H,11H2,(H,22,24)(H,23,25)/b8-5+. The van der Waals surface area contributed by atoms with Crippen molar-refractivity contribution in [1.82, 2.24) is 10.9 Å². The van der Waals surface area contributed by atoms with Crippen LogP contribution in [0, 0.1) is 0 Å². The summed E-state index contributed by atoms with van der Waals surface area (Å²) in [5.74, 6) is 0.0896. The van der Waals surface area contributed by atoms with Gasteiger partial charge in [-0.1, -0.05) is 28.1 Å². The summed E-state index contributed by atoms with van der Waals surface area (Å²) in [6, 6.07) is 13.0. The highest BCUT2D eigenvalue weighted by Crippen LogP contribution is 2.34. The minimum atomic E-state index is -0.489. The molecule has 0 atom stereocenters. The number of hydrazine groups is 1. The monoisotopic (exact) mass is 492 g/mol. The van der Waals surface area contributed by atoms with Crippen LogP contribution in [0.25, 0.3) is 16.8 Å². The van der Waals surface area contributed by atoms with E-state index in [9.17, 15) is 9.59 Å². The quantitative estimate of drug-likeness (QED) is 0.412. The Hall–Kier alpha value is -2.58. The molecule has 0 radical (unpaired) electrons. The normalized spacial score (nSPS) is 10.9. The van der Waals surface area contributed by atoms with Crippen molar-refractivity contribution in [3.63, 3.8) is 0 Å². The molecule has 6 nitrogen and oxygen atoms in total. The van der Waals surface area contributed by atoms with E-state index in [4.69, 9.17) is 9.15 Å². The van der Waals surface area contributed by atoms with Gasteiger partial charge in [-0.2, -0.15) is 0 Å². The molecule has 0 bridgehead atoms. The maximum atomic E-state index is 11.9. The number of carbonyl (C=O) groups is 2. The van der Waals surface area contributed by atoms with E-state index in [1.54, 1.807) is 18.2 Å². The maximum Gasteiger partial charge on any atom is 0.276 e. The molecule has 0 aliphatic carbocycles. The summed E-state index contributed by atoms with van der Waals surface area (Å²) in [4.78, 5) is 23.5. The van der Waals surface area contributed by atoms with Gasteiger partial charge in [0.25, 0.3) is 11.8 Å². The number of hydrogen-bond acceptors (Lipinski definition) is 4. The molecule has 0 aliphatic heterocycles. The van der Waals surface area contributed by atoms with Crippen molar-refractivity contribution >= 4 is 60.5 Å². The zero-order chi connectivity index (χ0) is 19.2. The first-order chi connectivity index (χ1) is 13.0. The van der Waals surface area contributed by atoms with Crippen LogP contribution >= 0.6 is 31.9 Å². The van der Waals surface area contributed by atoms with E-state index in [0.29, 0.717) is 11.5 Å². The molecule has 0 fully saturated rings. The molecule has 8 heteroatoms. The van der Waals surface area contributed by atoms with Gasteiger partial charge in [0.15, 0.2) is 6.61 Å². The van der Waals surface area contributed by atoms with E-state index < -0.39 is 11.8 Å². The van der Waals surface area contributed by atoms with Crippen LogP contribution in [-0.2, 0) is 9.59 Å². The fourth-order valence-electron chi connectivity index (χ4n) is 2.25.